The van der Waals surface area contributed by atoms with Gasteiger partial charge in [-0.2, -0.15) is 0 Å². The summed E-state index contributed by atoms with van der Waals surface area (Å²) in [5.74, 6) is -1.99. The maximum absolute atomic E-state index is 13.2. The number of carboxylic acid groups (broad SMARTS) is 1. The van der Waals surface area contributed by atoms with E-state index in [1.807, 2.05) is 0 Å². The van der Waals surface area contributed by atoms with Crippen LogP contribution in [0.2, 0.25) is 0 Å². The van der Waals surface area contributed by atoms with Gasteiger partial charge < -0.3 is 48.1 Å². The second-order valence-corrected chi connectivity index (χ2v) is 8.33. The fraction of sp³-hybridized carbons (Fsp3) is 0.370. The summed E-state index contributed by atoms with van der Waals surface area (Å²) in [6.07, 6.45) is -3.76. The minimum absolute atomic E-state index is 0.0230. The average Bonchev–Trinajstić information content (AvgIpc) is 2.96. The maximum Gasteiger partial charge on any atom is 0.338 e. The predicted molar refractivity (Wildman–Crippen MR) is 137 cm³/mol. The lowest BCUT2D eigenvalue weighted by atomic mass is 9.91. The van der Waals surface area contributed by atoms with E-state index in [0.717, 1.165) is 6.08 Å². The van der Waals surface area contributed by atoms with E-state index < -0.39 is 36.2 Å². The Bertz CT molecular complexity index is 1250. The molecule has 2 aromatic carbocycles. The summed E-state index contributed by atoms with van der Waals surface area (Å²) < 4.78 is 42.7. The summed E-state index contributed by atoms with van der Waals surface area (Å²) in [5.41, 5.74) is -0.273. The second kappa shape index (κ2) is 12.9. The van der Waals surface area contributed by atoms with Gasteiger partial charge in [0, 0.05) is 12.0 Å². The molecule has 0 amide bonds. The number of carboxylic acids is 1. The van der Waals surface area contributed by atoms with Gasteiger partial charge in [-0.15, -0.1) is 0 Å². The molecule has 0 unspecified atom stereocenters. The Morgan fingerprint density at radius 3 is 1.43 bits per heavy atom. The van der Waals surface area contributed by atoms with E-state index in [0.29, 0.717) is 0 Å². The number of carbonyl (C=O) groups excluding carboxylic acids is 2. The molecule has 3 rings (SSSR count). The van der Waals surface area contributed by atoms with E-state index in [4.69, 9.17) is 37.9 Å². The molecular formula is C27H30O13. The molecule has 0 aromatic heterocycles. The first-order chi connectivity index (χ1) is 19.1. The summed E-state index contributed by atoms with van der Waals surface area (Å²) in [6, 6.07) is 5.37. The van der Waals surface area contributed by atoms with Crippen molar-refractivity contribution in [1.82, 2.24) is 0 Å². The highest BCUT2D eigenvalue weighted by Gasteiger charge is 2.40. The van der Waals surface area contributed by atoms with Crippen LogP contribution in [-0.2, 0) is 14.3 Å². The second-order valence-electron chi connectivity index (χ2n) is 8.33. The third-order valence-electron chi connectivity index (χ3n) is 6.07. The minimum Gasteiger partial charge on any atom is -0.493 e. The molecular weight excluding hydrogens is 532 g/mol. The van der Waals surface area contributed by atoms with Crippen molar-refractivity contribution in [2.24, 2.45) is 0 Å². The SMILES string of the molecule is COc1cc(C(=O)O[C@@H]2[C@H](O)C=C(C(=O)O)C[C@H]2OC(=O)c2cc(OC)c(OC)c(OC)c2)cc(OC)c1OC. The lowest BCUT2D eigenvalue weighted by molar-refractivity contribution is -0.134. The molecule has 13 heteroatoms. The Labute approximate surface area is 229 Å². The molecule has 40 heavy (non-hydrogen) atoms. The van der Waals surface area contributed by atoms with E-state index in [9.17, 15) is 24.6 Å². The van der Waals surface area contributed by atoms with Gasteiger partial charge in [-0.3, -0.25) is 0 Å². The van der Waals surface area contributed by atoms with Crippen molar-refractivity contribution >= 4 is 17.9 Å². The van der Waals surface area contributed by atoms with Gasteiger partial charge in [0.1, 0.15) is 12.2 Å². The van der Waals surface area contributed by atoms with Crippen LogP contribution in [0.25, 0.3) is 0 Å². The zero-order valence-electron chi connectivity index (χ0n) is 22.7. The van der Waals surface area contributed by atoms with E-state index in [1.54, 1.807) is 0 Å². The van der Waals surface area contributed by atoms with Crippen LogP contribution in [0.4, 0.5) is 0 Å². The first-order valence-electron chi connectivity index (χ1n) is 11.8. The fourth-order valence-electron chi connectivity index (χ4n) is 4.13. The number of carbonyl (C=O) groups is 3. The van der Waals surface area contributed by atoms with Crippen LogP contribution in [0.1, 0.15) is 27.1 Å². The highest BCUT2D eigenvalue weighted by molar-refractivity contribution is 5.93. The third-order valence-corrected chi connectivity index (χ3v) is 6.07. The van der Waals surface area contributed by atoms with E-state index >= 15 is 0 Å². The highest BCUT2D eigenvalue weighted by Crippen LogP contribution is 2.40. The van der Waals surface area contributed by atoms with Gasteiger partial charge in [0.2, 0.25) is 11.5 Å². The molecule has 3 atom stereocenters. The first-order valence-corrected chi connectivity index (χ1v) is 11.8. The largest absolute Gasteiger partial charge is 0.493 e. The molecule has 0 radical (unpaired) electrons. The molecule has 0 heterocycles. The Hall–Kier alpha value is -4.65. The highest BCUT2D eigenvalue weighted by atomic mass is 16.6. The lowest BCUT2D eigenvalue weighted by Crippen LogP contribution is -2.46. The zero-order chi connectivity index (χ0) is 29.6. The maximum atomic E-state index is 13.2. The number of hydrogen-bond acceptors (Lipinski definition) is 12. The number of ether oxygens (including phenoxy) is 8. The van der Waals surface area contributed by atoms with Crippen molar-refractivity contribution < 1.29 is 62.5 Å². The molecule has 0 fully saturated rings. The van der Waals surface area contributed by atoms with Gasteiger partial charge in [0.15, 0.2) is 29.1 Å². The molecule has 13 nitrogen and oxygen atoms in total. The number of esters is 2. The number of rotatable bonds is 11. The minimum atomic E-state index is -1.61. The van der Waals surface area contributed by atoms with Gasteiger partial charge in [0.05, 0.1) is 53.8 Å². The molecule has 1 aliphatic carbocycles. The van der Waals surface area contributed by atoms with Crippen LogP contribution >= 0.6 is 0 Å². The summed E-state index contributed by atoms with van der Waals surface area (Å²) in [5, 5.41) is 20.2. The van der Waals surface area contributed by atoms with Gasteiger partial charge in [0.25, 0.3) is 0 Å². The Kier molecular flexibility index (Phi) is 9.67. The molecule has 1 aliphatic rings. The predicted octanol–water partition coefficient (Wildman–Crippen LogP) is 2.26. The zero-order valence-corrected chi connectivity index (χ0v) is 22.7. The summed E-state index contributed by atoms with van der Waals surface area (Å²) >= 11 is 0. The van der Waals surface area contributed by atoms with Crippen LogP contribution in [0.3, 0.4) is 0 Å². The summed E-state index contributed by atoms with van der Waals surface area (Å²) in [6.45, 7) is 0. The normalized spacial score (nSPS) is 18.1. The average molecular weight is 563 g/mol. The van der Waals surface area contributed by atoms with Crippen molar-refractivity contribution in [3.8, 4) is 34.5 Å². The van der Waals surface area contributed by atoms with E-state index in [-0.39, 0.29) is 57.6 Å². The molecule has 0 aliphatic heterocycles. The molecule has 0 spiro atoms. The molecule has 2 aromatic rings. The van der Waals surface area contributed by atoms with Crippen LogP contribution in [-0.4, -0.2) is 89.1 Å². The summed E-state index contributed by atoms with van der Waals surface area (Å²) in [7, 11) is 8.27. The van der Waals surface area contributed by atoms with Crippen LogP contribution in [0.5, 0.6) is 34.5 Å². The first kappa shape index (κ1) is 29.9. The van der Waals surface area contributed by atoms with Crippen molar-refractivity contribution in [2.75, 3.05) is 42.7 Å². The number of benzene rings is 2. The van der Waals surface area contributed by atoms with Crippen molar-refractivity contribution in [2.45, 2.75) is 24.7 Å². The van der Waals surface area contributed by atoms with Gasteiger partial charge in [-0.1, -0.05) is 0 Å². The van der Waals surface area contributed by atoms with Gasteiger partial charge in [-0.05, 0) is 30.3 Å². The van der Waals surface area contributed by atoms with Crippen molar-refractivity contribution in [1.29, 1.82) is 0 Å². The summed E-state index contributed by atoms with van der Waals surface area (Å²) in [4.78, 5) is 38.0. The number of aliphatic carboxylic acids is 1. The Balaban J connectivity index is 1.95. The lowest BCUT2D eigenvalue weighted by Gasteiger charge is -2.33. The smallest absolute Gasteiger partial charge is 0.338 e. The quantitative estimate of drug-likeness (QED) is 0.383. The van der Waals surface area contributed by atoms with Gasteiger partial charge >= 0.3 is 17.9 Å². The topological polar surface area (TPSA) is 166 Å². The molecule has 2 N–H and O–H groups in total. The number of aliphatic hydroxyl groups excluding tert-OH is 1. The Morgan fingerprint density at radius 2 is 1.07 bits per heavy atom. The van der Waals surface area contributed by atoms with Crippen molar-refractivity contribution in [3.05, 3.63) is 47.0 Å². The van der Waals surface area contributed by atoms with Gasteiger partial charge in [-0.25, -0.2) is 14.4 Å². The van der Waals surface area contributed by atoms with Crippen LogP contribution in [0.15, 0.2) is 35.9 Å². The molecule has 216 valence electrons. The molecule has 0 saturated carbocycles. The molecule has 0 saturated heterocycles. The molecule has 0 bridgehead atoms. The number of methoxy groups -OCH3 is 6. The fourth-order valence-corrected chi connectivity index (χ4v) is 4.13. The van der Waals surface area contributed by atoms with Crippen molar-refractivity contribution in [3.63, 3.8) is 0 Å². The Morgan fingerprint density at radius 1 is 0.675 bits per heavy atom. The third kappa shape index (κ3) is 6.15. The van der Waals surface area contributed by atoms with Crippen LogP contribution < -0.4 is 28.4 Å². The van der Waals surface area contributed by atoms with E-state index in [2.05, 4.69) is 0 Å². The standard InChI is InChI=1S/C27H30O13/c1-33-17-9-14(10-18(34-2)23(17)37-5)26(31)39-21-8-13(25(29)30)7-16(28)22(21)40-27(32)15-11-19(35-3)24(38-6)20(12-15)36-4/h7,9-12,16,21-22,28H,8H2,1-6H3,(H,29,30)/t16-,21-,22-/m1/s1. The van der Waals surface area contributed by atoms with E-state index in [1.165, 1.54) is 66.9 Å². The number of hydrogen-bond donors (Lipinski definition) is 2. The number of aliphatic hydroxyl groups is 1. The monoisotopic (exact) mass is 562 g/mol. The van der Waals surface area contributed by atoms with Crippen LogP contribution in [0, 0.1) is 0 Å².